The highest BCUT2D eigenvalue weighted by Gasteiger charge is 2.54. The van der Waals surface area contributed by atoms with Crippen molar-refractivity contribution >= 4 is 17.6 Å². The van der Waals surface area contributed by atoms with Gasteiger partial charge < -0.3 is 10.2 Å². The van der Waals surface area contributed by atoms with Gasteiger partial charge >= 0.3 is 0 Å². The summed E-state index contributed by atoms with van der Waals surface area (Å²) in [6.45, 7) is 1.25. The van der Waals surface area contributed by atoms with Crippen molar-refractivity contribution in [1.29, 1.82) is 0 Å². The van der Waals surface area contributed by atoms with Crippen molar-refractivity contribution in [2.24, 2.45) is 5.10 Å². The summed E-state index contributed by atoms with van der Waals surface area (Å²) in [5.41, 5.74) is 0.949. The summed E-state index contributed by atoms with van der Waals surface area (Å²) in [6, 6.07) is 3.58. The molecule has 1 aliphatic carbocycles. The molecule has 0 aromatic carbocycles. The zero-order valence-corrected chi connectivity index (χ0v) is 10.8. The summed E-state index contributed by atoms with van der Waals surface area (Å²) >= 11 is 5.74. The van der Waals surface area contributed by atoms with Crippen LogP contribution >= 0.6 is 11.6 Å². The van der Waals surface area contributed by atoms with Gasteiger partial charge in [0, 0.05) is 19.3 Å². The molecule has 1 saturated heterocycles. The van der Waals surface area contributed by atoms with Crippen LogP contribution in [0.15, 0.2) is 23.4 Å². The van der Waals surface area contributed by atoms with Crippen LogP contribution in [0.3, 0.4) is 0 Å². The summed E-state index contributed by atoms with van der Waals surface area (Å²) < 4.78 is 0. The lowest BCUT2D eigenvalue weighted by molar-refractivity contribution is -0.485. The molecular formula is C11H12ClN5O2. The Hall–Kier alpha value is -1.89. The molecule has 1 aromatic heterocycles. The number of pyridine rings is 1. The lowest BCUT2D eigenvalue weighted by Gasteiger charge is -2.23. The van der Waals surface area contributed by atoms with Gasteiger partial charge in [-0.05, 0) is 24.5 Å². The Balaban J connectivity index is 1.83. The molecule has 2 aliphatic rings. The maximum absolute atomic E-state index is 10.6. The molecule has 2 heterocycles. The van der Waals surface area contributed by atoms with E-state index in [1.807, 2.05) is 11.0 Å². The first-order valence-corrected chi connectivity index (χ1v) is 6.32. The standard InChI is InChI=1S/C11H12ClN5O2/c12-9-2-1-8(5-13-9)6-16-10(15-17(18)19)14-7-11(16)3-4-11/h1-2,5H,3-4,6-7H2,(H,14,15). The highest BCUT2D eigenvalue weighted by molar-refractivity contribution is 6.29. The van der Waals surface area contributed by atoms with Crippen molar-refractivity contribution in [2.75, 3.05) is 6.54 Å². The van der Waals surface area contributed by atoms with Crippen LogP contribution in [0.5, 0.6) is 0 Å². The van der Waals surface area contributed by atoms with Crippen molar-refractivity contribution < 1.29 is 5.03 Å². The van der Waals surface area contributed by atoms with Crippen LogP contribution < -0.4 is 5.32 Å². The fraction of sp³-hybridized carbons (Fsp3) is 0.455. The van der Waals surface area contributed by atoms with E-state index in [0.717, 1.165) is 18.4 Å². The third kappa shape index (κ3) is 2.33. The molecule has 1 spiro atoms. The third-order valence-electron chi connectivity index (χ3n) is 3.54. The number of hydrogen-bond acceptors (Lipinski definition) is 3. The quantitative estimate of drug-likeness (QED) is 0.512. The van der Waals surface area contributed by atoms with Crippen LogP contribution in [-0.4, -0.2) is 33.0 Å². The van der Waals surface area contributed by atoms with Gasteiger partial charge in [-0.1, -0.05) is 17.7 Å². The molecule has 0 atom stereocenters. The lowest BCUT2D eigenvalue weighted by atomic mass is 10.2. The Kier molecular flexibility index (Phi) is 2.78. The second-order valence-electron chi connectivity index (χ2n) is 4.81. The molecule has 0 unspecified atom stereocenters. The van der Waals surface area contributed by atoms with Crippen LogP contribution in [0.2, 0.25) is 5.15 Å². The SMILES string of the molecule is O=[N+]([O-])/N=C1\NCC2(CC2)N1Cc1ccc(Cl)nc1. The fourth-order valence-electron chi connectivity index (χ4n) is 2.34. The second-order valence-corrected chi connectivity index (χ2v) is 5.20. The van der Waals surface area contributed by atoms with Gasteiger partial charge in [0.1, 0.15) is 10.3 Å². The highest BCUT2D eigenvalue weighted by atomic mass is 35.5. The second kappa shape index (κ2) is 4.34. The van der Waals surface area contributed by atoms with Crippen LogP contribution in [0.25, 0.3) is 0 Å². The summed E-state index contributed by atoms with van der Waals surface area (Å²) in [4.78, 5) is 16.5. The Morgan fingerprint density at radius 2 is 2.37 bits per heavy atom. The van der Waals surface area contributed by atoms with Gasteiger partial charge in [-0.3, -0.25) is 0 Å². The number of nitrogens with zero attached hydrogens (tertiary/aromatic N) is 4. The first kappa shape index (κ1) is 12.2. The number of rotatable bonds is 3. The monoisotopic (exact) mass is 281 g/mol. The van der Waals surface area contributed by atoms with Crippen LogP contribution in [-0.2, 0) is 6.54 Å². The van der Waals surface area contributed by atoms with Crippen molar-refractivity contribution in [2.45, 2.75) is 24.9 Å². The molecule has 1 N–H and O–H groups in total. The lowest BCUT2D eigenvalue weighted by Crippen LogP contribution is -2.36. The van der Waals surface area contributed by atoms with Gasteiger partial charge in [0.2, 0.25) is 0 Å². The molecule has 8 heteroatoms. The molecule has 1 aliphatic heterocycles. The van der Waals surface area contributed by atoms with Gasteiger partial charge in [-0.15, -0.1) is 0 Å². The van der Waals surface area contributed by atoms with Crippen molar-refractivity contribution in [3.05, 3.63) is 39.2 Å². The van der Waals surface area contributed by atoms with E-state index in [2.05, 4.69) is 15.4 Å². The Bertz CT molecular complexity index is 541. The minimum Gasteiger partial charge on any atom is -0.349 e. The van der Waals surface area contributed by atoms with E-state index in [1.165, 1.54) is 0 Å². The molecule has 0 amide bonds. The van der Waals surface area contributed by atoms with E-state index in [4.69, 9.17) is 11.6 Å². The van der Waals surface area contributed by atoms with E-state index < -0.39 is 5.03 Å². The summed E-state index contributed by atoms with van der Waals surface area (Å²) in [6.07, 6.45) is 3.73. The van der Waals surface area contributed by atoms with Gasteiger partial charge in [-0.2, -0.15) is 0 Å². The van der Waals surface area contributed by atoms with Gasteiger partial charge in [-0.25, -0.2) is 15.1 Å². The summed E-state index contributed by atoms with van der Waals surface area (Å²) in [5.74, 6) is 0.331. The number of aromatic nitrogens is 1. The molecule has 1 saturated carbocycles. The highest BCUT2D eigenvalue weighted by Crippen LogP contribution is 2.44. The third-order valence-corrected chi connectivity index (χ3v) is 3.76. The molecule has 0 radical (unpaired) electrons. The number of nitro groups is 1. The van der Waals surface area contributed by atoms with Crippen LogP contribution in [0, 0.1) is 10.1 Å². The van der Waals surface area contributed by atoms with Crippen molar-refractivity contribution in [3.8, 4) is 0 Å². The maximum atomic E-state index is 10.6. The maximum Gasteiger partial charge on any atom is 0.272 e. The first-order valence-electron chi connectivity index (χ1n) is 5.94. The molecule has 100 valence electrons. The summed E-state index contributed by atoms with van der Waals surface area (Å²) in [5, 5.41) is 16.7. The van der Waals surface area contributed by atoms with Gasteiger partial charge in [0.25, 0.3) is 5.96 Å². The Morgan fingerprint density at radius 1 is 1.58 bits per heavy atom. The van der Waals surface area contributed by atoms with Crippen LogP contribution in [0.4, 0.5) is 0 Å². The van der Waals surface area contributed by atoms with Gasteiger partial charge in [0.15, 0.2) is 5.03 Å². The predicted molar refractivity (Wildman–Crippen MR) is 69.2 cm³/mol. The van der Waals surface area contributed by atoms with E-state index in [1.54, 1.807) is 12.3 Å². The largest absolute Gasteiger partial charge is 0.349 e. The molecule has 0 bridgehead atoms. The zero-order chi connectivity index (χ0) is 13.5. The minimum absolute atomic E-state index is 0.00548. The molecule has 7 nitrogen and oxygen atoms in total. The van der Waals surface area contributed by atoms with Crippen molar-refractivity contribution in [1.82, 2.24) is 15.2 Å². The molecule has 1 aromatic rings. The van der Waals surface area contributed by atoms with E-state index in [0.29, 0.717) is 24.2 Å². The summed E-state index contributed by atoms with van der Waals surface area (Å²) in [7, 11) is 0. The Morgan fingerprint density at radius 3 is 2.95 bits per heavy atom. The number of hydrogen-bond donors (Lipinski definition) is 1. The Labute approximate surface area is 114 Å². The number of guanidine groups is 1. The molecule has 3 rings (SSSR count). The first-order chi connectivity index (χ1) is 9.09. The van der Waals surface area contributed by atoms with E-state index in [9.17, 15) is 10.1 Å². The molecule has 2 fully saturated rings. The molecular weight excluding hydrogens is 270 g/mol. The smallest absolute Gasteiger partial charge is 0.272 e. The molecule has 19 heavy (non-hydrogen) atoms. The van der Waals surface area contributed by atoms with E-state index >= 15 is 0 Å². The number of hydrazone groups is 1. The zero-order valence-electron chi connectivity index (χ0n) is 10.0. The average molecular weight is 282 g/mol. The number of nitrogens with one attached hydrogen (secondary N) is 1. The predicted octanol–water partition coefficient (Wildman–Crippen LogP) is 1.22. The topological polar surface area (TPSA) is 83.7 Å². The normalized spacial score (nSPS) is 21.7. The number of halogens is 1. The van der Waals surface area contributed by atoms with E-state index in [-0.39, 0.29) is 5.54 Å². The van der Waals surface area contributed by atoms with Crippen molar-refractivity contribution in [3.63, 3.8) is 0 Å². The average Bonchev–Trinajstić information content (AvgIpc) is 3.07. The van der Waals surface area contributed by atoms with Crippen LogP contribution in [0.1, 0.15) is 18.4 Å². The fourth-order valence-corrected chi connectivity index (χ4v) is 2.45. The minimum atomic E-state index is -0.670. The van der Waals surface area contributed by atoms with Gasteiger partial charge in [0.05, 0.1) is 5.54 Å².